The number of rotatable bonds is 3. The summed E-state index contributed by atoms with van der Waals surface area (Å²) in [7, 11) is 0. The molecule has 54 valence electrons. The zero-order valence-corrected chi connectivity index (χ0v) is 5.70. The van der Waals surface area contributed by atoms with Crippen molar-refractivity contribution in [3.8, 4) is 0 Å². The Bertz CT molecular complexity index is 348. The minimum Gasteiger partial charge on any atom is -0.330 e. The summed E-state index contributed by atoms with van der Waals surface area (Å²) in [6.07, 6.45) is 1.04. The maximum absolute atomic E-state index is 7.60. The fraction of sp³-hybridized carbons (Fsp3) is 0.333. The molecule has 0 bridgehead atoms. The van der Waals surface area contributed by atoms with E-state index in [2.05, 4.69) is 0 Å². The molecule has 0 saturated heterocycles. The summed E-state index contributed by atoms with van der Waals surface area (Å²) in [6.45, 7) is 0.447. The minimum absolute atomic E-state index is 0.116. The molecule has 0 fully saturated rings. The van der Waals surface area contributed by atoms with E-state index >= 15 is 0 Å². The molecular formula is C9H13N. The van der Waals surface area contributed by atoms with Crippen LogP contribution in [0, 0.1) is 0 Å². The molecule has 1 aromatic rings. The summed E-state index contributed by atoms with van der Waals surface area (Å²) < 4.78 is 37.5. The summed E-state index contributed by atoms with van der Waals surface area (Å²) in [5, 5.41) is 0. The van der Waals surface area contributed by atoms with Crippen molar-refractivity contribution in [2.24, 2.45) is 5.73 Å². The van der Waals surface area contributed by atoms with Crippen LogP contribution in [0.3, 0.4) is 0 Å². The zero-order valence-electron chi connectivity index (χ0n) is 10.7. The molecule has 0 unspecified atom stereocenters. The molecule has 2 N–H and O–H groups in total. The Labute approximate surface area is 68.9 Å². The van der Waals surface area contributed by atoms with Gasteiger partial charge in [0, 0.05) is 0 Å². The third-order valence-electron chi connectivity index (χ3n) is 1.18. The molecule has 0 aliphatic carbocycles. The fourth-order valence-electron chi connectivity index (χ4n) is 0.680. The molecule has 1 aromatic carbocycles. The number of hydrogen-bond donors (Lipinski definition) is 1. The highest BCUT2D eigenvalue weighted by Gasteiger charge is 1.87. The lowest BCUT2D eigenvalue weighted by Gasteiger charge is -1.96. The van der Waals surface area contributed by atoms with Gasteiger partial charge in [0.1, 0.15) is 0 Å². The van der Waals surface area contributed by atoms with Gasteiger partial charge in [-0.3, -0.25) is 0 Å². The molecule has 0 radical (unpaired) electrons. The summed E-state index contributed by atoms with van der Waals surface area (Å²) >= 11 is 0. The van der Waals surface area contributed by atoms with Crippen molar-refractivity contribution in [1.29, 1.82) is 0 Å². The third kappa shape index (κ3) is 2.19. The fourth-order valence-corrected chi connectivity index (χ4v) is 0.680. The molecule has 0 heterocycles. The molecular weight excluding hydrogens is 122 g/mol. The first-order valence-corrected chi connectivity index (χ1v) is 3.26. The van der Waals surface area contributed by atoms with Gasteiger partial charge in [-0.25, -0.2) is 0 Å². The van der Waals surface area contributed by atoms with Crippen LogP contribution < -0.4 is 5.73 Å². The Morgan fingerprint density at radius 1 is 1.30 bits per heavy atom. The van der Waals surface area contributed by atoms with E-state index in [9.17, 15) is 0 Å². The second-order valence-corrected chi connectivity index (χ2v) is 2.00. The molecule has 0 saturated carbocycles. The lowest BCUT2D eigenvalue weighted by Crippen LogP contribution is -1.99. The van der Waals surface area contributed by atoms with Crippen LogP contribution in [0.2, 0.25) is 0 Å². The number of nitrogens with two attached hydrogens (primary N) is 1. The average molecular weight is 140 g/mol. The summed E-state index contributed by atoms with van der Waals surface area (Å²) in [5.74, 6) is 0. The molecule has 0 aromatic heterocycles. The highest BCUT2D eigenvalue weighted by atomic mass is 14.5. The summed E-state index contributed by atoms with van der Waals surface area (Å²) in [4.78, 5) is 0. The Morgan fingerprint density at radius 3 is 2.60 bits per heavy atom. The van der Waals surface area contributed by atoms with Crippen molar-refractivity contribution in [2.75, 3.05) is 6.54 Å². The van der Waals surface area contributed by atoms with Gasteiger partial charge in [-0.2, -0.15) is 0 Å². The second kappa shape index (κ2) is 4.07. The summed E-state index contributed by atoms with van der Waals surface area (Å²) in [5.41, 5.74) is 5.68. The Morgan fingerprint density at radius 2 is 2.00 bits per heavy atom. The Kier molecular flexibility index (Phi) is 1.24. The number of hydrogen-bond acceptors (Lipinski definition) is 1. The van der Waals surface area contributed by atoms with E-state index in [-0.39, 0.29) is 30.2 Å². The largest absolute Gasteiger partial charge is 0.330 e. The van der Waals surface area contributed by atoms with Gasteiger partial charge in [0.25, 0.3) is 0 Å². The predicted octanol–water partition coefficient (Wildman–Crippen LogP) is 1.58. The van der Waals surface area contributed by atoms with Crippen LogP contribution in [0.1, 0.15) is 18.8 Å². The third-order valence-corrected chi connectivity index (χ3v) is 1.18. The van der Waals surface area contributed by atoms with E-state index in [0.717, 1.165) is 0 Å². The van der Waals surface area contributed by atoms with Crippen LogP contribution in [0.25, 0.3) is 0 Å². The van der Waals surface area contributed by atoms with Crippen molar-refractivity contribution in [1.82, 2.24) is 0 Å². The van der Waals surface area contributed by atoms with Crippen molar-refractivity contribution in [3.05, 3.63) is 35.8 Å². The lowest BCUT2D eigenvalue weighted by molar-refractivity contribution is 0.833. The van der Waals surface area contributed by atoms with Crippen molar-refractivity contribution < 1.29 is 6.85 Å². The SMILES string of the molecule is [2H]c1c([2H])c([2H])c(CCCN)c([2H])c1[2H]. The van der Waals surface area contributed by atoms with Gasteiger partial charge in [-0.05, 0) is 24.9 Å². The van der Waals surface area contributed by atoms with Gasteiger partial charge >= 0.3 is 0 Å². The average Bonchev–Trinajstić information content (AvgIpc) is 2.24. The van der Waals surface area contributed by atoms with E-state index in [1.165, 1.54) is 0 Å². The number of benzene rings is 1. The van der Waals surface area contributed by atoms with E-state index in [1.807, 2.05) is 0 Å². The molecule has 0 spiro atoms. The van der Waals surface area contributed by atoms with Crippen LogP contribution >= 0.6 is 0 Å². The smallest absolute Gasteiger partial charge is 0.0626 e. The summed E-state index contributed by atoms with van der Waals surface area (Å²) in [6, 6.07) is -1.13. The van der Waals surface area contributed by atoms with Gasteiger partial charge in [0.15, 0.2) is 0 Å². The highest BCUT2D eigenvalue weighted by molar-refractivity contribution is 5.14. The standard InChI is InChI=1S/C9H13N/c10-8-4-7-9-5-2-1-3-6-9/h1-3,5-6H,4,7-8,10H2/i1D,2D,3D,5D,6D. The minimum atomic E-state index is -0.346. The monoisotopic (exact) mass is 140 g/mol. The van der Waals surface area contributed by atoms with Crippen LogP contribution in [0.4, 0.5) is 0 Å². The maximum atomic E-state index is 7.60. The normalized spacial score (nSPS) is 16.7. The molecule has 1 rings (SSSR count). The van der Waals surface area contributed by atoms with Crippen molar-refractivity contribution in [2.45, 2.75) is 12.8 Å². The topological polar surface area (TPSA) is 26.0 Å². The second-order valence-electron chi connectivity index (χ2n) is 2.00. The van der Waals surface area contributed by atoms with Crippen LogP contribution in [-0.2, 0) is 6.42 Å². The van der Waals surface area contributed by atoms with E-state index < -0.39 is 0 Å². The zero-order chi connectivity index (χ0) is 11.6. The Hall–Kier alpha value is -0.820. The van der Waals surface area contributed by atoms with Crippen LogP contribution in [0.15, 0.2) is 30.2 Å². The molecule has 1 nitrogen and oxygen atoms in total. The quantitative estimate of drug-likeness (QED) is 0.677. The molecule has 0 amide bonds. The van der Waals surface area contributed by atoms with Crippen molar-refractivity contribution >= 4 is 0 Å². The first kappa shape index (κ1) is 3.05. The van der Waals surface area contributed by atoms with E-state index in [0.29, 0.717) is 24.9 Å². The van der Waals surface area contributed by atoms with Gasteiger partial charge in [-0.15, -0.1) is 0 Å². The van der Waals surface area contributed by atoms with Gasteiger partial charge in [0.2, 0.25) is 0 Å². The van der Waals surface area contributed by atoms with E-state index in [1.54, 1.807) is 0 Å². The molecule has 0 aliphatic heterocycles. The molecule has 1 heteroatoms. The lowest BCUT2D eigenvalue weighted by atomic mass is 10.1. The van der Waals surface area contributed by atoms with Crippen LogP contribution in [-0.4, -0.2) is 6.54 Å². The maximum Gasteiger partial charge on any atom is 0.0626 e. The first-order chi connectivity index (χ1) is 7.00. The molecule has 0 atom stereocenters. The highest BCUT2D eigenvalue weighted by Crippen LogP contribution is 2.00. The van der Waals surface area contributed by atoms with E-state index in [4.69, 9.17) is 12.6 Å². The molecule has 0 aliphatic rings. The molecule has 10 heavy (non-hydrogen) atoms. The van der Waals surface area contributed by atoms with Crippen molar-refractivity contribution in [3.63, 3.8) is 0 Å². The van der Waals surface area contributed by atoms with Gasteiger partial charge in [0.05, 0.1) is 6.85 Å². The van der Waals surface area contributed by atoms with Gasteiger partial charge < -0.3 is 5.73 Å². The van der Waals surface area contributed by atoms with Gasteiger partial charge in [-0.1, -0.05) is 30.2 Å². The predicted molar refractivity (Wildman–Crippen MR) is 43.8 cm³/mol. The van der Waals surface area contributed by atoms with Crippen LogP contribution in [0.5, 0.6) is 0 Å². The first-order valence-electron chi connectivity index (χ1n) is 5.76. The Balaban J connectivity index is 3.26.